The Morgan fingerprint density at radius 2 is 1.19 bits per heavy atom. The first-order chi connectivity index (χ1) is 12.5. The lowest BCUT2D eigenvalue weighted by atomic mass is 10.0. The molecule has 0 atom stereocenters. The van der Waals surface area contributed by atoms with Crippen LogP contribution in [0.5, 0.6) is 0 Å². The SMILES string of the molecule is CC(C)(C)OC(=O)C=CCCCCCCCCCCCCCCCOO. The third kappa shape index (κ3) is 21.2. The molecule has 0 saturated heterocycles. The quantitative estimate of drug-likeness (QED) is 0.100. The van der Waals surface area contributed by atoms with Crippen LogP contribution in [0.2, 0.25) is 0 Å². The van der Waals surface area contributed by atoms with E-state index in [-0.39, 0.29) is 5.97 Å². The minimum absolute atomic E-state index is 0.239. The molecule has 0 aromatic rings. The van der Waals surface area contributed by atoms with Gasteiger partial charge in [0.15, 0.2) is 0 Å². The summed E-state index contributed by atoms with van der Waals surface area (Å²) in [5.41, 5.74) is -0.406. The van der Waals surface area contributed by atoms with Gasteiger partial charge >= 0.3 is 5.97 Å². The Kier molecular flexibility index (Phi) is 17.0. The van der Waals surface area contributed by atoms with E-state index in [1.165, 1.54) is 64.2 Å². The van der Waals surface area contributed by atoms with Crippen LogP contribution in [0.25, 0.3) is 0 Å². The molecule has 4 heteroatoms. The summed E-state index contributed by atoms with van der Waals surface area (Å²) in [5.74, 6) is -0.239. The van der Waals surface area contributed by atoms with Crippen LogP contribution in [-0.4, -0.2) is 23.4 Å². The van der Waals surface area contributed by atoms with E-state index in [1.807, 2.05) is 26.8 Å². The van der Waals surface area contributed by atoms with E-state index in [2.05, 4.69) is 4.89 Å². The fourth-order valence-corrected chi connectivity index (χ4v) is 2.89. The molecule has 0 rings (SSSR count). The topological polar surface area (TPSA) is 55.8 Å². The van der Waals surface area contributed by atoms with Crippen molar-refractivity contribution in [2.45, 2.75) is 116 Å². The number of hydrogen-bond donors (Lipinski definition) is 1. The van der Waals surface area contributed by atoms with Crippen LogP contribution < -0.4 is 0 Å². The number of allylic oxidation sites excluding steroid dienone is 1. The summed E-state index contributed by atoms with van der Waals surface area (Å²) in [6.07, 6.45) is 20.9. The first-order valence-corrected chi connectivity index (χ1v) is 10.6. The number of carbonyl (C=O) groups excluding carboxylic acids is 1. The van der Waals surface area contributed by atoms with Gasteiger partial charge in [0.25, 0.3) is 0 Å². The molecule has 0 aromatic carbocycles. The number of ether oxygens (including phenoxy) is 1. The summed E-state index contributed by atoms with van der Waals surface area (Å²) in [6, 6.07) is 0. The van der Waals surface area contributed by atoms with Crippen LogP contribution in [-0.2, 0) is 14.4 Å². The smallest absolute Gasteiger partial charge is 0.330 e. The highest BCUT2D eigenvalue weighted by Gasteiger charge is 2.13. The van der Waals surface area contributed by atoms with Gasteiger partial charge in [0.05, 0.1) is 6.61 Å². The molecule has 154 valence electrons. The third-order valence-corrected chi connectivity index (χ3v) is 4.27. The molecule has 0 unspecified atom stereocenters. The first kappa shape index (κ1) is 25.1. The van der Waals surface area contributed by atoms with Crippen molar-refractivity contribution in [3.63, 3.8) is 0 Å². The zero-order valence-corrected chi connectivity index (χ0v) is 17.4. The van der Waals surface area contributed by atoms with E-state index in [1.54, 1.807) is 6.08 Å². The number of carbonyl (C=O) groups is 1. The lowest BCUT2D eigenvalue weighted by Crippen LogP contribution is -2.22. The van der Waals surface area contributed by atoms with Crippen LogP contribution >= 0.6 is 0 Å². The van der Waals surface area contributed by atoms with Crippen LogP contribution in [0.4, 0.5) is 0 Å². The zero-order valence-electron chi connectivity index (χ0n) is 17.4. The minimum atomic E-state index is -0.406. The van der Waals surface area contributed by atoms with E-state index >= 15 is 0 Å². The predicted molar refractivity (Wildman–Crippen MR) is 108 cm³/mol. The Labute approximate surface area is 161 Å². The average molecular weight is 371 g/mol. The second-order valence-corrected chi connectivity index (χ2v) is 8.15. The zero-order chi connectivity index (χ0) is 19.5. The molecular formula is C22H42O4. The van der Waals surface area contributed by atoms with Crippen molar-refractivity contribution in [3.05, 3.63) is 12.2 Å². The average Bonchev–Trinajstić information content (AvgIpc) is 2.56. The molecule has 0 bridgehead atoms. The van der Waals surface area contributed by atoms with Gasteiger partial charge in [-0.2, -0.15) is 0 Å². The molecule has 0 aliphatic carbocycles. The normalized spacial score (nSPS) is 12.0. The minimum Gasteiger partial charge on any atom is -0.457 e. The van der Waals surface area contributed by atoms with Crippen molar-refractivity contribution >= 4 is 5.97 Å². The number of rotatable bonds is 17. The fraction of sp³-hybridized carbons (Fsp3) is 0.864. The van der Waals surface area contributed by atoms with Crippen molar-refractivity contribution in [2.75, 3.05) is 6.61 Å². The van der Waals surface area contributed by atoms with Crippen LogP contribution in [0.15, 0.2) is 12.2 Å². The van der Waals surface area contributed by atoms with Gasteiger partial charge in [-0.15, -0.1) is 0 Å². The van der Waals surface area contributed by atoms with Gasteiger partial charge in [0.2, 0.25) is 0 Å². The van der Waals surface area contributed by atoms with Gasteiger partial charge in [0.1, 0.15) is 5.60 Å². The summed E-state index contributed by atoms with van der Waals surface area (Å²) < 4.78 is 5.23. The Bertz CT molecular complexity index is 345. The standard InChI is InChI=1S/C22H42O4/c1-22(2,3)26-21(23)19-17-15-13-11-9-7-5-4-6-8-10-12-14-16-18-20-25-24/h17,19,24H,4-16,18,20H2,1-3H3. The van der Waals surface area contributed by atoms with Gasteiger partial charge in [-0.05, 0) is 40.0 Å². The van der Waals surface area contributed by atoms with Crippen molar-refractivity contribution in [2.24, 2.45) is 0 Å². The monoisotopic (exact) mass is 370 g/mol. The van der Waals surface area contributed by atoms with E-state index in [0.717, 1.165) is 25.7 Å². The third-order valence-electron chi connectivity index (χ3n) is 4.27. The van der Waals surface area contributed by atoms with Gasteiger partial charge in [-0.3, -0.25) is 5.26 Å². The molecule has 0 saturated carbocycles. The molecule has 0 aromatic heterocycles. The number of hydrogen-bond acceptors (Lipinski definition) is 4. The molecule has 26 heavy (non-hydrogen) atoms. The predicted octanol–water partition coefficient (Wildman–Crippen LogP) is 6.84. The summed E-state index contributed by atoms with van der Waals surface area (Å²) in [7, 11) is 0. The van der Waals surface area contributed by atoms with E-state index in [4.69, 9.17) is 9.99 Å². The Morgan fingerprint density at radius 3 is 1.62 bits per heavy atom. The van der Waals surface area contributed by atoms with E-state index < -0.39 is 5.60 Å². The highest BCUT2D eigenvalue weighted by molar-refractivity contribution is 5.82. The highest BCUT2D eigenvalue weighted by atomic mass is 17.1. The Hall–Kier alpha value is -0.870. The molecular weight excluding hydrogens is 328 g/mol. The lowest BCUT2D eigenvalue weighted by Gasteiger charge is -2.17. The van der Waals surface area contributed by atoms with Crippen molar-refractivity contribution in [1.29, 1.82) is 0 Å². The lowest BCUT2D eigenvalue weighted by molar-refractivity contribution is -0.242. The van der Waals surface area contributed by atoms with Crippen molar-refractivity contribution in [3.8, 4) is 0 Å². The molecule has 0 aliphatic rings. The number of unbranched alkanes of at least 4 members (excludes halogenated alkanes) is 13. The molecule has 0 spiro atoms. The van der Waals surface area contributed by atoms with Crippen LogP contribution in [0, 0.1) is 0 Å². The molecule has 4 nitrogen and oxygen atoms in total. The largest absolute Gasteiger partial charge is 0.457 e. The molecule has 1 N–H and O–H groups in total. The summed E-state index contributed by atoms with van der Waals surface area (Å²) in [4.78, 5) is 15.6. The maximum atomic E-state index is 11.5. The van der Waals surface area contributed by atoms with Gasteiger partial charge in [0, 0.05) is 6.08 Å². The Morgan fingerprint density at radius 1 is 0.769 bits per heavy atom. The van der Waals surface area contributed by atoms with Crippen LogP contribution in [0.3, 0.4) is 0 Å². The van der Waals surface area contributed by atoms with Gasteiger partial charge in [-0.1, -0.05) is 76.7 Å². The maximum absolute atomic E-state index is 11.5. The molecule has 0 radical (unpaired) electrons. The first-order valence-electron chi connectivity index (χ1n) is 10.6. The summed E-state index contributed by atoms with van der Waals surface area (Å²) in [5, 5.41) is 8.22. The Balaban J connectivity index is 3.21. The maximum Gasteiger partial charge on any atom is 0.330 e. The highest BCUT2D eigenvalue weighted by Crippen LogP contribution is 2.13. The molecule has 0 heterocycles. The van der Waals surface area contributed by atoms with E-state index in [0.29, 0.717) is 6.61 Å². The van der Waals surface area contributed by atoms with Gasteiger partial charge in [-0.25, -0.2) is 9.68 Å². The van der Waals surface area contributed by atoms with E-state index in [9.17, 15) is 4.79 Å². The summed E-state index contributed by atoms with van der Waals surface area (Å²) in [6.45, 7) is 6.13. The second-order valence-electron chi connectivity index (χ2n) is 8.15. The summed E-state index contributed by atoms with van der Waals surface area (Å²) >= 11 is 0. The fourth-order valence-electron chi connectivity index (χ4n) is 2.89. The molecule has 0 amide bonds. The number of esters is 1. The molecule has 0 fully saturated rings. The van der Waals surface area contributed by atoms with Gasteiger partial charge < -0.3 is 4.74 Å². The van der Waals surface area contributed by atoms with Crippen molar-refractivity contribution in [1.82, 2.24) is 0 Å². The van der Waals surface area contributed by atoms with Crippen LogP contribution in [0.1, 0.15) is 111 Å². The van der Waals surface area contributed by atoms with Crippen molar-refractivity contribution < 1.29 is 19.7 Å². The molecule has 0 aliphatic heterocycles. The second kappa shape index (κ2) is 17.5.